The standard InChI is InChI=1S/C19H35N5O8/c1-3-10(2)15(24-16(28)11(21)8-14(26)27)18(30)22-12(6-4-5-7-20)17(29)23-13(9-25)19(31)32/h10-13,15,25H,3-9,20-21H2,1-2H3,(H,22,30)(H,23,29)(H,24,28)(H,26,27)(H,31,32). The zero-order valence-corrected chi connectivity index (χ0v) is 18.4. The summed E-state index contributed by atoms with van der Waals surface area (Å²) in [5.74, 6) is -5.44. The van der Waals surface area contributed by atoms with Crippen LogP contribution in [-0.4, -0.2) is 82.3 Å². The van der Waals surface area contributed by atoms with Crippen LogP contribution in [0.15, 0.2) is 0 Å². The number of hydrogen-bond acceptors (Lipinski definition) is 8. The highest BCUT2D eigenvalue weighted by atomic mass is 16.4. The van der Waals surface area contributed by atoms with Crippen LogP contribution in [0.4, 0.5) is 0 Å². The Hall–Kier alpha value is -2.77. The molecule has 0 aromatic heterocycles. The van der Waals surface area contributed by atoms with Crippen molar-refractivity contribution in [2.75, 3.05) is 13.2 Å². The molecule has 3 amide bonds. The van der Waals surface area contributed by atoms with Gasteiger partial charge < -0.3 is 42.7 Å². The van der Waals surface area contributed by atoms with Gasteiger partial charge in [-0.3, -0.25) is 19.2 Å². The topological polar surface area (TPSA) is 234 Å². The van der Waals surface area contributed by atoms with Crippen LogP contribution in [0.25, 0.3) is 0 Å². The smallest absolute Gasteiger partial charge is 0.328 e. The number of carboxylic acid groups (broad SMARTS) is 2. The summed E-state index contributed by atoms with van der Waals surface area (Å²) >= 11 is 0. The average Bonchev–Trinajstić information content (AvgIpc) is 2.73. The molecule has 10 N–H and O–H groups in total. The highest BCUT2D eigenvalue weighted by Crippen LogP contribution is 2.10. The molecule has 0 bridgehead atoms. The minimum absolute atomic E-state index is 0.145. The van der Waals surface area contributed by atoms with Crippen LogP contribution in [0.1, 0.15) is 46.0 Å². The third kappa shape index (κ3) is 10.5. The Morgan fingerprint density at radius 2 is 1.50 bits per heavy atom. The lowest BCUT2D eigenvalue weighted by molar-refractivity contribution is -0.143. The summed E-state index contributed by atoms with van der Waals surface area (Å²) in [6.45, 7) is 2.97. The van der Waals surface area contributed by atoms with Gasteiger partial charge in [0.15, 0.2) is 0 Å². The van der Waals surface area contributed by atoms with Crippen LogP contribution in [0.5, 0.6) is 0 Å². The lowest BCUT2D eigenvalue weighted by Crippen LogP contribution is -2.59. The third-order valence-corrected chi connectivity index (χ3v) is 4.90. The van der Waals surface area contributed by atoms with Gasteiger partial charge in [0.1, 0.15) is 18.1 Å². The number of aliphatic carboxylic acids is 2. The molecule has 0 rings (SSSR count). The van der Waals surface area contributed by atoms with Crippen molar-refractivity contribution in [3.05, 3.63) is 0 Å². The van der Waals surface area contributed by atoms with E-state index < -0.39 is 66.9 Å². The Labute approximate surface area is 186 Å². The Morgan fingerprint density at radius 3 is 1.97 bits per heavy atom. The molecule has 0 spiro atoms. The molecule has 0 heterocycles. The van der Waals surface area contributed by atoms with Crippen molar-refractivity contribution in [2.45, 2.75) is 70.1 Å². The first-order valence-electron chi connectivity index (χ1n) is 10.4. The summed E-state index contributed by atoms with van der Waals surface area (Å²) in [5.41, 5.74) is 11.0. The number of nitrogens with two attached hydrogens (primary N) is 2. The fraction of sp³-hybridized carbons (Fsp3) is 0.737. The molecule has 0 saturated carbocycles. The van der Waals surface area contributed by atoms with Crippen LogP contribution >= 0.6 is 0 Å². The van der Waals surface area contributed by atoms with Gasteiger partial charge in [-0.05, 0) is 31.7 Å². The van der Waals surface area contributed by atoms with E-state index in [2.05, 4.69) is 16.0 Å². The molecule has 184 valence electrons. The van der Waals surface area contributed by atoms with Crippen LogP contribution in [0.2, 0.25) is 0 Å². The normalized spacial score (nSPS) is 15.5. The number of carboxylic acids is 2. The van der Waals surface area contributed by atoms with Gasteiger partial charge in [0, 0.05) is 0 Å². The molecule has 0 aliphatic carbocycles. The zero-order valence-electron chi connectivity index (χ0n) is 18.4. The molecule has 0 saturated heterocycles. The van der Waals surface area contributed by atoms with Crippen molar-refractivity contribution < 1.29 is 39.3 Å². The van der Waals surface area contributed by atoms with Gasteiger partial charge in [0.2, 0.25) is 17.7 Å². The molecule has 0 aliphatic rings. The highest BCUT2D eigenvalue weighted by Gasteiger charge is 2.32. The SMILES string of the molecule is CCC(C)C(NC(=O)C(N)CC(=O)O)C(=O)NC(CCCCN)C(=O)NC(CO)C(=O)O. The van der Waals surface area contributed by atoms with Crippen LogP contribution in [0.3, 0.4) is 0 Å². The van der Waals surface area contributed by atoms with E-state index in [1.165, 1.54) is 0 Å². The Balaban J connectivity index is 5.47. The predicted molar refractivity (Wildman–Crippen MR) is 113 cm³/mol. The van der Waals surface area contributed by atoms with E-state index in [4.69, 9.17) is 26.8 Å². The van der Waals surface area contributed by atoms with Crippen molar-refractivity contribution in [1.29, 1.82) is 0 Å². The number of aliphatic hydroxyl groups excluding tert-OH is 1. The molecule has 5 atom stereocenters. The van der Waals surface area contributed by atoms with E-state index in [9.17, 15) is 24.0 Å². The molecule has 13 nitrogen and oxygen atoms in total. The first-order chi connectivity index (χ1) is 15.0. The Bertz CT molecular complexity index is 660. The van der Waals surface area contributed by atoms with Crippen molar-refractivity contribution in [3.8, 4) is 0 Å². The Kier molecular flexibility index (Phi) is 13.8. The number of unbranched alkanes of at least 4 members (excludes halogenated alkanes) is 1. The summed E-state index contributed by atoms with van der Waals surface area (Å²) < 4.78 is 0. The van der Waals surface area contributed by atoms with E-state index in [1.807, 2.05) is 0 Å². The van der Waals surface area contributed by atoms with E-state index in [1.54, 1.807) is 13.8 Å². The zero-order chi connectivity index (χ0) is 24.8. The first-order valence-corrected chi connectivity index (χ1v) is 10.4. The fourth-order valence-electron chi connectivity index (χ4n) is 2.72. The second-order valence-corrected chi connectivity index (χ2v) is 7.50. The van der Waals surface area contributed by atoms with Gasteiger partial charge in [-0.2, -0.15) is 0 Å². The maximum Gasteiger partial charge on any atom is 0.328 e. The van der Waals surface area contributed by atoms with Crippen molar-refractivity contribution in [3.63, 3.8) is 0 Å². The number of amides is 3. The van der Waals surface area contributed by atoms with Gasteiger partial charge in [-0.1, -0.05) is 20.3 Å². The number of rotatable bonds is 16. The van der Waals surface area contributed by atoms with E-state index in [0.29, 0.717) is 25.8 Å². The maximum absolute atomic E-state index is 12.9. The van der Waals surface area contributed by atoms with Gasteiger partial charge in [-0.25, -0.2) is 4.79 Å². The molecule has 0 aromatic carbocycles. The molecule has 5 unspecified atom stereocenters. The number of carbonyl (C=O) groups is 5. The van der Waals surface area contributed by atoms with E-state index in [0.717, 1.165) is 0 Å². The predicted octanol–water partition coefficient (Wildman–Crippen LogP) is -2.51. The highest BCUT2D eigenvalue weighted by molar-refractivity contribution is 5.94. The summed E-state index contributed by atoms with van der Waals surface area (Å²) in [6.07, 6.45) is 1.00. The second-order valence-electron chi connectivity index (χ2n) is 7.50. The van der Waals surface area contributed by atoms with Crippen LogP contribution < -0.4 is 27.4 Å². The summed E-state index contributed by atoms with van der Waals surface area (Å²) in [5, 5.41) is 34.0. The lowest BCUT2D eigenvalue weighted by Gasteiger charge is -2.27. The quantitative estimate of drug-likeness (QED) is 0.112. The van der Waals surface area contributed by atoms with E-state index >= 15 is 0 Å². The number of hydrogen-bond donors (Lipinski definition) is 8. The van der Waals surface area contributed by atoms with Gasteiger partial charge >= 0.3 is 11.9 Å². The van der Waals surface area contributed by atoms with Crippen molar-refractivity contribution >= 4 is 29.7 Å². The summed E-state index contributed by atoms with van der Waals surface area (Å²) in [7, 11) is 0. The van der Waals surface area contributed by atoms with Gasteiger partial charge in [0.25, 0.3) is 0 Å². The van der Waals surface area contributed by atoms with Gasteiger partial charge in [-0.15, -0.1) is 0 Å². The number of nitrogens with one attached hydrogen (secondary N) is 3. The molecule has 32 heavy (non-hydrogen) atoms. The largest absolute Gasteiger partial charge is 0.481 e. The number of carbonyl (C=O) groups excluding carboxylic acids is 3. The molecule has 13 heteroatoms. The van der Waals surface area contributed by atoms with Crippen molar-refractivity contribution in [2.24, 2.45) is 17.4 Å². The molecular weight excluding hydrogens is 426 g/mol. The maximum atomic E-state index is 12.9. The van der Waals surface area contributed by atoms with E-state index in [-0.39, 0.29) is 12.3 Å². The van der Waals surface area contributed by atoms with Crippen LogP contribution in [-0.2, 0) is 24.0 Å². The monoisotopic (exact) mass is 461 g/mol. The van der Waals surface area contributed by atoms with Crippen LogP contribution in [0, 0.1) is 5.92 Å². The van der Waals surface area contributed by atoms with Gasteiger partial charge in [0.05, 0.1) is 19.1 Å². The van der Waals surface area contributed by atoms with Crippen molar-refractivity contribution in [1.82, 2.24) is 16.0 Å². The summed E-state index contributed by atoms with van der Waals surface area (Å²) in [4.78, 5) is 59.6. The molecule has 0 aliphatic heterocycles. The first kappa shape index (κ1) is 29.2. The molecule has 0 aromatic rings. The molecule has 0 radical (unpaired) electrons. The summed E-state index contributed by atoms with van der Waals surface area (Å²) in [6, 6.07) is -5.16. The second kappa shape index (κ2) is 15.1. The third-order valence-electron chi connectivity index (χ3n) is 4.90. The average molecular weight is 462 g/mol. The minimum Gasteiger partial charge on any atom is -0.481 e. The fourth-order valence-corrected chi connectivity index (χ4v) is 2.72. The minimum atomic E-state index is -1.55. The lowest BCUT2D eigenvalue weighted by atomic mass is 9.97. The molecular formula is C19H35N5O8. The Morgan fingerprint density at radius 1 is 0.906 bits per heavy atom. The molecule has 0 fully saturated rings. The number of aliphatic hydroxyl groups is 1.